The molecule has 0 aliphatic rings. The minimum absolute atomic E-state index is 0.0597. The highest BCUT2D eigenvalue weighted by Crippen LogP contribution is 2.39. The number of hydrogen-bond acceptors (Lipinski definition) is 3. The summed E-state index contributed by atoms with van der Waals surface area (Å²) >= 11 is 0. The molecule has 1 aromatic carbocycles. The third kappa shape index (κ3) is 4.29. The number of aryl methyl sites for hydroxylation is 2. The fourth-order valence-electron chi connectivity index (χ4n) is 3.82. The fraction of sp³-hybridized carbons (Fsp3) is 0.458. The van der Waals surface area contributed by atoms with E-state index in [4.69, 9.17) is 14.5 Å². The predicted octanol–water partition coefficient (Wildman–Crippen LogP) is 5.84. The van der Waals surface area contributed by atoms with Gasteiger partial charge in [-0.1, -0.05) is 29.8 Å². The normalized spacial score (nSPS) is 13.2. The van der Waals surface area contributed by atoms with E-state index in [9.17, 15) is 0 Å². The van der Waals surface area contributed by atoms with E-state index in [0.717, 1.165) is 28.8 Å². The lowest BCUT2D eigenvalue weighted by Crippen LogP contribution is -2.22. The summed E-state index contributed by atoms with van der Waals surface area (Å²) < 4.78 is 13.8. The maximum atomic E-state index is 6.34. The second-order valence-corrected chi connectivity index (χ2v) is 8.46. The number of fused-ring (bicyclic) bond motifs is 1. The Kier molecular flexibility index (Phi) is 5.92. The molecular weight excluding hydrogens is 348 g/mol. The molecule has 0 aliphatic heterocycles. The fourth-order valence-corrected chi connectivity index (χ4v) is 3.82. The van der Waals surface area contributed by atoms with Crippen LogP contribution in [0.4, 0.5) is 0 Å². The Labute approximate surface area is 168 Å². The van der Waals surface area contributed by atoms with Crippen LogP contribution in [0.3, 0.4) is 0 Å². The molecule has 0 spiro atoms. The van der Waals surface area contributed by atoms with Gasteiger partial charge in [0.1, 0.15) is 5.65 Å². The molecule has 0 saturated heterocycles. The first-order valence-electron chi connectivity index (χ1n) is 9.94. The number of aromatic nitrogens is 2. The molecule has 3 aromatic rings. The van der Waals surface area contributed by atoms with Crippen molar-refractivity contribution in [1.29, 1.82) is 0 Å². The van der Waals surface area contributed by atoms with Crippen molar-refractivity contribution in [2.45, 2.75) is 59.8 Å². The smallest absolute Gasteiger partial charge is 0.140 e. The third-order valence-corrected chi connectivity index (χ3v) is 4.95. The molecule has 0 radical (unpaired) electrons. The van der Waals surface area contributed by atoms with Crippen molar-refractivity contribution in [1.82, 2.24) is 9.55 Å². The van der Waals surface area contributed by atoms with Gasteiger partial charge in [0.05, 0.1) is 18.3 Å². The molecule has 3 rings (SSSR count). The quantitative estimate of drug-likeness (QED) is 0.539. The number of pyridine rings is 1. The van der Waals surface area contributed by atoms with Crippen LogP contribution >= 0.6 is 0 Å². The largest absolute Gasteiger partial charge is 0.383 e. The van der Waals surface area contributed by atoms with E-state index in [-0.39, 0.29) is 11.7 Å². The Morgan fingerprint density at radius 1 is 1.07 bits per heavy atom. The number of ether oxygens (including phenoxy) is 2. The topological polar surface area (TPSA) is 36.3 Å². The van der Waals surface area contributed by atoms with Gasteiger partial charge in [-0.25, -0.2) is 4.98 Å². The first-order valence-corrected chi connectivity index (χ1v) is 9.94. The van der Waals surface area contributed by atoms with Crippen LogP contribution in [0.25, 0.3) is 22.2 Å². The summed E-state index contributed by atoms with van der Waals surface area (Å²) in [5.74, 6) is 0. The summed E-state index contributed by atoms with van der Waals surface area (Å²) in [6.07, 6.45) is 2.04. The molecule has 150 valence electrons. The zero-order chi connectivity index (χ0) is 20.5. The SMILES string of the molecule is COCCn1ccc2c(-c3ccc(C)cc3)c(C(C)OC(C)(C)C)c(C)nc21. The van der Waals surface area contributed by atoms with E-state index in [0.29, 0.717) is 6.61 Å². The molecule has 0 aliphatic carbocycles. The Balaban J connectivity index is 2.24. The lowest BCUT2D eigenvalue weighted by Gasteiger charge is -2.28. The lowest BCUT2D eigenvalue weighted by atomic mass is 9.92. The molecule has 2 aromatic heterocycles. The first-order chi connectivity index (χ1) is 13.2. The summed E-state index contributed by atoms with van der Waals surface area (Å²) in [6.45, 7) is 14.1. The monoisotopic (exact) mass is 380 g/mol. The number of nitrogens with zero attached hydrogens (tertiary/aromatic N) is 2. The van der Waals surface area contributed by atoms with Crippen LogP contribution in [0.5, 0.6) is 0 Å². The standard InChI is InChI=1S/C24H32N2O2/c1-16-8-10-19(11-9-16)22-20-12-13-26(14-15-27-7)23(20)25-17(2)21(22)18(3)28-24(4,5)6/h8-13,18H,14-15H2,1-7H3. The van der Waals surface area contributed by atoms with Gasteiger partial charge in [-0.3, -0.25) is 0 Å². The minimum atomic E-state index is -0.226. The number of benzene rings is 1. The van der Waals surface area contributed by atoms with Gasteiger partial charge in [-0.15, -0.1) is 0 Å². The highest BCUT2D eigenvalue weighted by Gasteiger charge is 2.24. The average molecular weight is 381 g/mol. The lowest BCUT2D eigenvalue weighted by molar-refractivity contribution is -0.0530. The zero-order valence-electron chi connectivity index (χ0n) is 18.2. The second kappa shape index (κ2) is 8.06. The molecule has 0 N–H and O–H groups in total. The summed E-state index contributed by atoms with van der Waals surface area (Å²) in [5, 5.41) is 1.16. The Morgan fingerprint density at radius 2 is 1.75 bits per heavy atom. The predicted molar refractivity (Wildman–Crippen MR) is 116 cm³/mol. The van der Waals surface area contributed by atoms with Crippen LogP contribution in [0.15, 0.2) is 36.5 Å². The van der Waals surface area contributed by atoms with E-state index in [1.165, 1.54) is 16.7 Å². The molecule has 1 atom stereocenters. The van der Waals surface area contributed by atoms with E-state index in [2.05, 4.69) is 82.6 Å². The van der Waals surface area contributed by atoms with Crippen LogP contribution in [-0.4, -0.2) is 28.9 Å². The molecule has 0 saturated carbocycles. The summed E-state index contributed by atoms with van der Waals surface area (Å²) in [7, 11) is 1.73. The van der Waals surface area contributed by atoms with Crippen LogP contribution < -0.4 is 0 Å². The van der Waals surface area contributed by atoms with E-state index >= 15 is 0 Å². The summed E-state index contributed by atoms with van der Waals surface area (Å²) in [4.78, 5) is 4.97. The van der Waals surface area contributed by atoms with Crippen molar-refractivity contribution in [3.8, 4) is 11.1 Å². The highest BCUT2D eigenvalue weighted by molar-refractivity contribution is 5.96. The summed E-state index contributed by atoms with van der Waals surface area (Å²) in [5.41, 5.74) is 6.62. The van der Waals surface area contributed by atoms with Crippen LogP contribution in [0, 0.1) is 13.8 Å². The van der Waals surface area contributed by atoms with E-state index in [1.807, 2.05) is 0 Å². The molecule has 4 nitrogen and oxygen atoms in total. The van der Waals surface area contributed by atoms with Crippen molar-refractivity contribution in [3.05, 3.63) is 53.3 Å². The number of rotatable bonds is 6. The van der Waals surface area contributed by atoms with Gasteiger partial charge in [-0.2, -0.15) is 0 Å². The van der Waals surface area contributed by atoms with Crippen LogP contribution in [0.2, 0.25) is 0 Å². The van der Waals surface area contributed by atoms with Crippen LogP contribution in [-0.2, 0) is 16.0 Å². The van der Waals surface area contributed by atoms with Crippen LogP contribution in [0.1, 0.15) is 50.6 Å². The molecule has 28 heavy (non-hydrogen) atoms. The van der Waals surface area contributed by atoms with Gasteiger partial charge in [0.2, 0.25) is 0 Å². The molecule has 0 bridgehead atoms. The second-order valence-electron chi connectivity index (χ2n) is 8.46. The zero-order valence-corrected chi connectivity index (χ0v) is 18.2. The molecule has 0 fully saturated rings. The minimum Gasteiger partial charge on any atom is -0.383 e. The van der Waals surface area contributed by atoms with Gasteiger partial charge < -0.3 is 14.0 Å². The molecule has 2 heterocycles. The Bertz CT molecular complexity index is 949. The number of methoxy groups -OCH3 is 1. The van der Waals surface area contributed by atoms with Gasteiger partial charge >= 0.3 is 0 Å². The first kappa shape index (κ1) is 20.6. The average Bonchev–Trinajstić information content (AvgIpc) is 3.00. The van der Waals surface area contributed by atoms with Crippen molar-refractivity contribution < 1.29 is 9.47 Å². The Hall–Kier alpha value is -2.17. The molecular formula is C24H32N2O2. The molecule has 1 unspecified atom stereocenters. The van der Waals surface area contributed by atoms with E-state index < -0.39 is 0 Å². The highest BCUT2D eigenvalue weighted by atomic mass is 16.5. The van der Waals surface area contributed by atoms with Gasteiger partial charge in [0.15, 0.2) is 0 Å². The number of hydrogen-bond donors (Lipinski definition) is 0. The van der Waals surface area contributed by atoms with Crippen molar-refractivity contribution >= 4 is 11.0 Å². The summed E-state index contributed by atoms with van der Waals surface area (Å²) in [6, 6.07) is 10.9. The molecule has 4 heteroatoms. The van der Waals surface area contributed by atoms with Crippen molar-refractivity contribution in [3.63, 3.8) is 0 Å². The van der Waals surface area contributed by atoms with Gasteiger partial charge in [0, 0.05) is 42.1 Å². The van der Waals surface area contributed by atoms with Gasteiger partial charge in [0.25, 0.3) is 0 Å². The Morgan fingerprint density at radius 3 is 2.36 bits per heavy atom. The van der Waals surface area contributed by atoms with Crippen molar-refractivity contribution in [2.24, 2.45) is 0 Å². The van der Waals surface area contributed by atoms with Gasteiger partial charge in [-0.05, 0) is 53.2 Å². The maximum Gasteiger partial charge on any atom is 0.140 e. The van der Waals surface area contributed by atoms with Crippen molar-refractivity contribution in [2.75, 3.05) is 13.7 Å². The maximum absolute atomic E-state index is 6.34. The van der Waals surface area contributed by atoms with E-state index in [1.54, 1.807) is 7.11 Å². The third-order valence-electron chi connectivity index (χ3n) is 4.95. The molecule has 0 amide bonds.